The van der Waals surface area contributed by atoms with E-state index in [-0.39, 0.29) is 0 Å². The van der Waals surface area contributed by atoms with Gasteiger partial charge in [-0.05, 0) is 56.0 Å². The topological polar surface area (TPSA) is 28.2 Å². The minimum atomic E-state index is 0.640. The van der Waals surface area contributed by atoms with Crippen LogP contribution in [0.3, 0.4) is 0 Å². The summed E-state index contributed by atoms with van der Waals surface area (Å²) in [4.78, 5) is 6.92. The van der Waals surface area contributed by atoms with Gasteiger partial charge in [-0.3, -0.25) is 4.98 Å². The Morgan fingerprint density at radius 3 is 3.13 bits per heavy atom. The van der Waals surface area contributed by atoms with Crippen LogP contribution >= 0.6 is 0 Å². The van der Waals surface area contributed by atoms with Crippen LogP contribution in [0.15, 0.2) is 42.7 Å². The lowest BCUT2D eigenvalue weighted by Gasteiger charge is -2.29. The average molecular weight is 307 g/mol. The molecular formula is C20H25N3. The quantitative estimate of drug-likeness (QED) is 0.943. The van der Waals surface area contributed by atoms with Crippen LogP contribution in [0.4, 0.5) is 5.69 Å². The van der Waals surface area contributed by atoms with Gasteiger partial charge in [-0.1, -0.05) is 23.8 Å². The maximum absolute atomic E-state index is 4.25. The van der Waals surface area contributed by atoms with Gasteiger partial charge in [-0.25, -0.2) is 0 Å². The zero-order chi connectivity index (χ0) is 15.6. The SMILES string of the molecule is Cc1ccc2c(c1)C1CNCCCC1N2CCc1cccnc1. The van der Waals surface area contributed by atoms with E-state index >= 15 is 0 Å². The fourth-order valence-electron chi connectivity index (χ4n) is 4.21. The normalized spacial score (nSPS) is 23.3. The fraction of sp³-hybridized carbons (Fsp3) is 0.450. The van der Waals surface area contributed by atoms with Gasteiger partial charge >= 0.3 is 0 Å². The molecule has 3 heteroatoms. The zero-order valence-electron chi connectivity index (χ0n) is 13.8. The van der Waals surface area contributed by atoms with Crippen molar-refractivity contribution in [3.8, 4) is 0 Å². The summed E-state index contributed by atoms with van der Waals surface area (Å²) in [6, 6.07) is 11.9. The van der Waals surface area contributed by atoms with Gasteiger partial charge in [0.25, 0.3) is 0 Å². The van der Waals surface area contributed by atoms with Gasteiger partial charge in [0.05, 0.1) is 0 Å². The maximum atomic E-state index is 4.25. The average Bonchev–Trinajstić information content (AvgIpc) is 2.73. The standard InChI is InChI=1S/C20H25N3/c1-15-6-7-20-17(12-15)18-14-22-10-3-5-19(18)23(20)11-8-16-4-2-9-21-13-16/h2,4,6-7,9,12-13,18-19,22H,3,5,8,10-11,14H2,1H3. The molecule has 1 aromatic carbocycles. The van der Waals surface area contributed by atoms with Gasteiger partial charge in [0.1, 0.15) is 0 Å². The number of pyridine rings is 1. The number of aromatic nitrogens is 1. The van der Waals surface area contributed by atoms with Gasteiger partial charge < -0.3 is 10.2 Å². The molecule has 0 spiro atoms. The van der Waals surface area contributed by atoms with E-state index in [4.69, 9.17) is 0 Å². The molecule has 23 heavy (non-hydrogen) atoms. The summed E-state index contributed by atoms with van der Waals surface area (Å²) in [5, 5.41) is 3.64. The second-order valence-corrected chi connectivity index (χ2v) is 6.89. The molecule has 2 aromatic rings. The van der Waals surface area contributed by atoms with E-state index in [0.717, 1.165) is 26.1 Å². The van der Waals surface area contributed by atoms with Crippen LogP contribution < -0.4 is 10.2 Å². The minimum absolute atomic E-state index is 0.640. The van der Waals surface area contributed by atoms with E-state index in [9.17, 15) is 0 Å². The van der Waals surface area contributed by atoms with E-state index in [0.29, 0.717) is 12.0 Å². The highest BCUT2D eigenvalue weighted by atomic mass is 15.2. The molecule has 0 aliphatic carbocycles. The minimum Gasteiger partial charge on any atom is -0.367 e. The third-order valence-corrected chi connectivity index (χ3v) is 5.34. The molecule has 0 saturated carbocycles. The Bertz CT molecular complexity index is 668. The fourth-order valence-corrected chi connectivity index (χ4v) is 4.21. The number of hydrogen-bond donors (Lipinski definition) is 1. The van der Waals surface area contributed by atoms with Crippen molar-refractivity contribution in [3.63, 3.8) is 0 Å². The largest absolute Gasteiger partial charge is 0.367 e. The van der Waals surface area contributed by atoms with E-state index in [1.54, 1.807) is 5.56 Å². The Kier molecular flexibility index (Phi) is 4.04. The molecule has 1 saturated heterocycles. The molecular weight excluding hydrogens is 282 g/mol. The second kappa shape index (κ2) is 6.32. The van der Waals surface area contributed by atoms with Crippen LogP contribution in [0.1, 0.15) is 35.4 Å². The lowest BCUT2D eigenvalue weighted by atomic mass is 9.92. The first-order valence-electron chi connectivity index (χ1n) is 8.80. The monoisotopic (exact) mass is 307 g/mol. The predicted molar refractivity (Wildman–Crippen MR) is 95.1 cm³/mol. The Labute approximate surface area is 138 Å². The van der Waals surface area contributed by atoms with E-state index < -0.39 is 0 Å². The number of nitrogens with one attached hydrogen (secondary N) is 1. The number of benzene rings is 1. The Morgan fingerprint density at radius 2 is 2.26 bits per heavy atom. The third-order valence-electron chi connectivity index (χ3n) is 5.34. The zero-order valence-corrected chi connectivity index (χ0v) is 13.8. The van der Waals surface area contributed by atoms with Gasteiger partial charge in [-0.2, -0.15) is 0 Å². The van der Waals surface area contributed by atoms with Gasteiger partial charge in [0.2, 0.25) is 0 Å². The van der Waals surface area contributed by atoms with Crippen molar-refractivity contribution >= 4 is 5.69 Å². The number of aryl methyl sites for hydroxylation is 1. The Balaban J connectivity index is 1.62. The van der Waals surface area contributed by atoms with Crippen molar-refractivity contribution in [1.82, 2.24) is 10.3 Å². The second-order valence-electron chi connectivity index (χ2n) is 6.89. The summed E-state index contributed by atoms with van der Waals surface area (Å²) in [5.74, 6) is 0.640. The molecule has 2 aliphatic rings. The molecule has 0 bridgehead atoms. The Hall–Kier alpha value is -1.87. The Morgan fingerprint density at radius 1 is 1.30 bits per heavy atom. The van der Waals surface area contributed by atoms with E-state index in [2.05, 4.69) is 46.4 Å². The summed E-state index contributed by atoms with van der Waals surface area (Å²) < 4.78 is 0. The van der Waals surface area contributed by atoms with Crippen molar-refractivity contribution in [2.24, 2.45) is 0 Å². The van der Waals surface area contributed by atoms with Crippen LogP contribution in [0.5, 0.6) is 0 Å². The predicted octanol–water partition coefficient (Wildman–Crippen LogP) is 3.29. The van der Waals surface area contributed by atoms with Crippen LogP contribution in [0.2, 0.25) is 0 Å². The lowest BCUT2D eigenvalue weighted by Crippen LogP contribution is -2.36. The van der Waals surface area contributed by atoms with Crippen molar-refractivity contribution in [3.05, 3.63) is 59.4 Å². The highest BCUT2D eigenvalue weighted by Crippen LogP contribution is 2.43. The van der Waals surface area contributed by atoms with E-state index in [1.165, 1.54) is 29.7 Å². The summed E-state index contributed by atoms with van der Waals surface area (Å²) >= 11 is 0. The van der Waals surface area contributed by atoms with Crippen molar-refractivity contribution in [1.29, 1.82) is 0 Å². The number of hydrogen-bond acceptors (Lipinski definition) is 3. The van der Waals surface area contributed by atoms with Crippen molar-refractivity contribution in [2.45, 2.75) is 38.1 Å². The van der Waals surface area contributed by atoms with Crippen LogP contribution in [-0.4, -0.2) is 30.7 Å². The molecule has 120 valence electrons. The summed E-state index contributed by atoms with van der Waals surface area (Å²) in [6.07, 6.45) is 7.48. The lowest BCUT2D eigenvalue weighted by molar-refractivity contribution is 0.512. The molecule has 0 radical (unpaired) electrons. The number of rotatable bonds is 3. The van der Waals surface area contributed by atoms with Crippen LogP contribution in [0, 0.1) is 6.92 Å². The van der Waals surface area contributed by atoms with Crippen molar-refractivity contribution < 1.29 is 0 Å². The maximum Gasteiger partial charge on any atom is 0.0405 e. The van der Waals surface area contributed by atoms with Gasteiger partial charge in [0.15, 0.2) is 0 Å². The van der Waals surface area contributed by atoms with Crippen LogP contribution in [0.25, 0.3) is 0 Å². The molecule has 2 unspecified atom stereocenters. The summed E-state index contributed by atoms with van der Waals surface area (Å²) in [7, 11) is 0. The molecule has 1 fully saturated rings. The third kappa shape index (κ3) is 2.86. The summed E-state index contributed by atoms with van der Waals surface area (Å²) in [6.45, 7) is 5.57. The van der Waals surface area contributed by atoms with Gasteiger partial charge in [0, 0.05) is 43.1 Å². The molecule has 3 heterocycles. The van der Waals surface area contributed by atoms with Gasteiger partial charge in [-0.15, -0.1) is 0 Å². The summed E-state index contributed by atoms with van der Waals surface area (Å²) in [5.41, 5.74) is 5.71. The first-order valence-corrected chi connectivity index (χ1v) is 8.80. The molecule has 1 aromatic heterocycles. The smallest absolute Gasteiger partial charge is 0.0405 e. The molecule has 3 nitrogen and oxygen atoms in total. The molecule has 2 aliphatic heterocycles. The molecule has 1 N–H and O–H groups in total. The highest BCUT2D eigenvalue weighted by Gasteiger charge is 2.38. The molecule has 4 rings (SSSR count). The number of nitrogens with zero attached hydrogens (tertiary/aromatic N) is 2. The van der Waals surface area contributed by atoms with E-state index in [1.807, 2.05) is 18.5 Å². The van der Waals surface area contributed by atoms with Crippen LogP contribution in [-0.2, 0) is 6.42 Å². The first-order chi connectivity index (χ1) is 11.3. The molecule has 2 atom stereocenters. The molecule has 0 amide bonds. The van der Waals surface area contributed by atoms with Crippen molar-refractivity contribution in [2.75, 3.05) is 24.5 Å². The first kappa shape index (κ1) is 14.7. The number of anilines is 1. The highest BCUT2D eigenvalue weighted by molar-refractivity contribution is 5.63. The number of fused-ring (bicyclic) bond motifs is 3.